The molecule has 0 bridgehead atoms. The minimum absolute atomic E-state index is 0.00606. The molecule has 7 nitrogen and oxygen atoms in total. The number of hydrogen-bond acceptors (Lipinski definition) is 7. The van der Waals surface area contributed by atoms with Crippen LogP contribution in [-0.4, -0.2) is 37.2 Å². The molecule has 0 radical (unpaired) electrons. The van der Waals surface area contributed by atoms with Crippen molar-refractivity contribution in [3.63, 3.8) is 0 Å². The van der Waals surface area contributed by atoms with Gasteiger partial charge in [0.05, 0.1) is 28.9 Å². The summed E-state index contributed by atoms with van der Waals surface area (Å²) < 4.78 is 17.0. The molecule has 0 saturated heterocycles. The zero-order valence-corrected chi connectivity index (χ0v) is 27.0. The first-order valence-corrected chi connectivity index (χ1v) is 16.3. The van der Waals surface area contributed by atoms with Crippen molar-refractivity contribution in [2.75, 3.05) is 12.4 Å². The molecule has 0 aliphatic heterocycles. The molecule has 7 heteroatoms. The summed E-state index contributed by atoms with van der Waals surface area (Å²) in [5, 5.41) is 3.01. The van der Waals surface area contributed by atoms with E-state index in [1.807, 2.05) is 13.8 Å². The Labute approximate surface area is 259 Å². The Kier molecular flexibility index (Phi) is 17.1. The lowest BCUT2D eigenvalue weighted by molar-refractivity contribution is 0.0270. The standard InChI is InChI=1S/C36H53NO6/c1-6-8-10-12-14-16-18-27(3)41-35(39)32-25-20-29(34(38)43-31-23-21-30(37-5)22-24-31)26-33(32)36(40)42-28(4)19-17-15-13-11-9-7-2/h20-28,37H,6-19H2,1-5H3. The van der Waals surface area contributed by atoms with Crippen molar-refractivity contribution in [2.45, 2.75) is 130 Å². The topological polar surface area (TPSA) is 90.9 Å². The number of ether oxygens (including phenoxy) is 3. The fourth-order valence-corrected chi connectivity index (χ4v) is 4.91. The Balaban J connectivity index is 2.12. The molecule has 1 N–H and O–H groups in total. The fraction of sp³-hybridized carbons (Fsp3) is 0.583. The van der Waals surface area contributed by atoms with Crippen molar-refractivity contribution >= 4 is 23.6 Å². The number of nitrogens with one attached hydrogen (secondary N) is 1. The number of hydrogen-bond donors (Lipinski definition) is 1. The van der Waals surface area contributed by atoms with Crippen LogP contribution in [0.3, 0.4) is 0 Å². The van der Waals surface area contributed by atoms with E-state index in [0.29, 0.717) is 5.75 Å². The second-order valence-electron chi connectivity index (χ2n) is 11.5. The Morgan fingerprint density at radius 3 is 1.63 bits per heavy atom. The van der Waals surface area contributed by atoms with Crippen LogP contribution >= 0.6 is 0 Å². The van der Waals surface area contributed by atoms with Crippen LogP contribution in [0.1, 0.15) is 149 Å². The van der Waals surface area contributed by atoms with Gasteiger partial charge in [0.15, 0.2) is 0 Å². The predicted molar refractivity (Wildman–Crippen MR) is 173 cm³/mol. The number of rotatable bonds is 21. The van der Waals surface area contributed by atoms with E-state index in [0.717, 1.165) is 44.2 Å². The number of carbonyl (C=O) groups is 3. The first-order valence-electron chi connectivity index (χ1n) is 16.3. The van der Waals surface area contributed by atoms with Crippen molar-refractivity contribution in [1.82, 2.24) is 0 Å². The van der Waals surface area contributed by atoms with Gasteiger partial charge in [-0.2, -0.15) is 0 Å². The maximum absolute atomic E-state index is 13.4. The van der Waals surface area contributed by atoms with E-state index in [1.165, 1.54) is 69.6 Å². The van der Waals surface area contributed by atoms with Gasteiger partial charge in [-0.25, -0.2) is 14.4 Å². The SMILES string of the molecule is CCCCCCCCC(C)OC(=O)c1ccc(C(=O)Oc2ccc(NC)cc2)cc1C(=O)OC(C)CCCCCCCC. The van der Waals surface area contributed by atoms with Crippen LogP contribution in [0.2, 0.25) is 0 Å². The highest BCUT2D eigenvalue weighted by atomic mass is 16.6. The molecule has 0 amide bonds. The minimum Gasteiger partial charge on any atom is -0.459 e. The van der Waals surface area contributed by atoms with Crippen molar-refractivity contribution in [1.29, 1.82) is 0 Å². The number of benzene rings is 2. The molecule has 0 aliphatic carbocycles. The van der Waals surface area contributed by atoms with Crippen LogP contribution in [0.15, 0.2) is 42.5 Å². The summed E-state index contributed by atoms with van der Waals surface area (Å²) in [5.74, 6) is -1.52. The monoisotopic (exact) mass is 595 g/mol. The number of esters is 3. The Morgan fingerprint density at radius 1 is 0.628 bits per heavy atom. The third-order valence-electron chi connectivity index (χ3n) is 7.59. The molecule has 2 aromatic carbocycles. The predicted octanol–water partition coefficient (Wildman–Crippen LogP) is 9.54. The first kappa shape index (κ1) is 35.8. The lowest BCUT2D eigenvalue weighted by atomic mass is 10.0. The van der Waals surface area contributed by atoms with Crippen LogP contribution in [-0.2, 0) is 9.47 Å². The molecular weight excluding hydrogens is 542 g/mol. The van der Waals surface area contributed by atoms with Crippen LogP contribution in [0, 0.1) is 0 Å². The highest BCUT2D eigenvalue weighted by Gasteiger charge is 2.25. The fourth-order valence-electron chi connectivity index (χ4n) is 4.91. The third-order valence-corrected chi connectivity index (χ3v) is 7.59. The van der Waals surface area contributed by atoms with Crippen molar-refractivity contribution in [2.24, 2.45) is 0 Å². The summed E-state index contributed by atoms with van der Waals surface area (Å²) in [6, 6.07) is 11.3. The molecule has 0 spiro atoms. The van der Waals surface area contributed by atoms with Crippen LogP contribution in [0.5, 0.6) is 5.75 Å². The van der Waals surface area contributed by atoms with Crippen molar-refractivity contribution in [3.05, 3.63) is 59.2 Å². The average Bonchev–Trinajstić information content (AvgIpc) is 3.00. The largest absolute Gasteiger partial charge is 0.459 e. The van der Waals surface area contributed by atoms with Crippen LogP contribution in [0.4, 0.5) is 5.69 Å². The maximum Gasteiger partial charge on any atom is 0.343 e. The quantitative estimate of drug-likeness (QED) is 0.0873. The number of unbranched alkanes of at least 4 members (excludes halogenated alkanes) is 10. The van der Waals surface area contributed by atoms with Gasteiger partial charge < -0.3 is 19.5 Å². The molecule has 0 fully saturated rings. The van der Waals surface area contributed by atoms with Gasteiger partial charge in [-0.1, -0.05) is 78.1 Å². The molecule has 0 heterocycles. The molecule has 238 valence electrons. The van der Waals surface area contributed by atoms with Crippen molar-refractivity contribution in [3.8, 4) is 5.75 Å². The Hall–Kier alpha value is -3.35. The van der Waals surface area contributed by atoms with E-state index in [1.54, 1.807) is 31.3 Å². The first-order chi connectivity index (χ1) is 20.8. The van der Waals surface area contributed by atoms with E-state index in [2.05, 4.69) is 19.2 Å². The Morgan fingerprint density at radius 2 is 1.12 bits per heavy atom. The van der Waals surface area contributed by atoms with Crippen LogP contribution in [0.25, 0.3) is 0 Å². The van der Waals surface area contributed by atoms with Gasteiger partial charge in [-0.05, 0) is 82.0 Å². The highest BCUT2D eigenvalue weighted by Crippen LogP contribution is 2.22. The third kappa shape index (κ3) is 13.7. The van der Waals surface area contributed by atoms with Gasteiger partial charge in [0, 0.05) is 12.7 Å². The smallest absolute Gasteiger partial charge is 0.343 e. The summed E-state index contributed by atoms with van der Waals surface area (Å²) in [6.45, 7) is 8.12. The summed E-state index contributed by atoms with van der Waals surface area (Å²) in [7, 11) is 1.80. The maximum atomic E-state index is 13.4. The highest BCUT2D eigenvalue weighted by molar-refractivity contribution is 6.05. The summed E-state index contributed by atoms with van der Waals surface area (Å²) >= 11 is 0. The molecule has 0 aromatic heterocycles. The molecule has 2 rings (SSSR count). The second-order valence-corrected chi connectivity index (χ2v) is 11.5. The normalized spacial score (nSPS) is 12.3. The molecule has 2 atom stereocenters. The van der Waals surface area contributed by atoms with Crippen molar-refractivity contribution < 1.29 is 28.6 Å². The lowest BCUT2D eigenvalue weighted by Crippen LogP contribution is -2.22. The second kappa shape index (κ2) is 20.5. The zero-order chi connectivity index (χ0) is 31.5. The molecule has 43 heavy (non-hydrogen) atoms. The molecule has 2 aromatic rings. The summed E-state index contributed by atoms with van der Waals surface area (Å²) in [5.41, 5.74) is 1.12. The summed E-state index contributed by atoms with van der Waals surface area (Å²) in [6.07, 6.45) is 14.7. The van der Waals surface area contributed by atoms with Gasteiger partial charge in [-0.15, -0.1) is 0 Å². The number of carbonyl (C=O) groups excluding carboxylic acids is 3. The van der Waals surface area contributed by atoms with Crippen LogP contribution < -0.4 is 10.1 Å². The lowest BCUT2D eigenvalue weighted by Gasteiger charge is -2.17. The van der Waals surface area contributed by atoms with E-state index in [4.69, 9.17) is 14.2 Å². The van der Waals surface area contributed by atoms with Gasteiger partial charge in [0.1, 0.15) is 5.75 Å². The average molecular weight is 596 g/mol. The molecule has 0 saturated carbocycles. The van der Waals surface area contributed by atoms with Gasteiger partial charge in [-0.3, -0.25) is 0 Å². The summed E-state index contributed by atoms with van der Waals surface area (Å²) in [4.78, 5) is 39.6. The number of anilines is 1. The van der Waals surface area contributed by atoms with Gasteiger partial charge in [0.25, 0.3) is 0 Å². The Bertz CT molecular complexity index is 1110. The van der Waals surface area contributed by atoms with E-state index in [9.17, 15) is 14.4 Å². The minimum atomic E-state index is -0.651. The van der Waals surface area contributed by atoms with E-state index >= 15 is 0 Å². The molecule has 2 unspecified atom stereocenters. The molecule has 0 aliphatic rings. The van der Waals surface area contributed by atoms with E-state index in [-0.39, 0.29) is 28.9 Å². The van der Waals surface area contributed by atoms with E-state index < -0.39 is 17.9 Å². The molecular formula is C36H53NO6. The zero-order valence-electron chi connectivity index (χ0n) is 27.0. The van der Waals surface area contributed by atoms with Gasteiger partial charge >= 0.3 is 17.9 Å². The van der Waals surface area contributed by atoms with Gasteiger partial charge in [0.2, 0.25) is 0 Å².